The van der Waals surface area contributed by atoms with Gasteiger partial charge in [0.2, 0.25) is 5.91 Å². The Labute approximate surface area is 160 Å². The zero-order valence-electron chi connectivity index (χ0n) is 16.1. The molecule has 2 aromatic carbocycles. The van der Waals surface area contributed by atoms with Crippen molar-refractivity contribution in [3.63, 3.8) is 0 Å². The number of carbonyl (C=O) groups excluding carboxylic acids is 2. The molecule has 1 fully saturated rings. The summed E-state index contributed by atoms with van der Waals surface area (Å²) < 4.78 is 5.40. The molecule has 1 saturated heterocycles. The van der Waals surface area contributed by atoms with Gasteiger partial charge in [-0.25, -0.2) is 0 Å². The maximum Gasteiger partial charge on any atom is 0.251 e. The molecule has 0 unspecified atom stereocenters. The maximum atomic E-state index is 12.4. The molecule has 5 nitrogen and oxygen atoms in total. The number of benzene rings is 2. The number of rotatable bonds is 6. The number of carbonyl (C=O) groups is 2. The SMILES string of the molecule is COc1ccccc1-c1ccc(C(=O)NC[C@H]2CC(=O)N(C(C)C)C2)cc1. The highest BCUT2D eigenvalue weighted by atomic mass is 16.5. The fraction of sp³-hybridized carbons (Fsp3) is 0.364. The highest BCUT2D eigenvalue weighted by molar-refractivity contribution is 5.94. The lowest BCUT2D eigenvalue weighted by Gasteiger charge is -2.21. The van der Waals surface area contributed by atoms with Crippen LogP contribution in [0.1, 0.15) is 30.6 Å². The van der Waals surface area contributed by atoms with E-state index >= 15 is 0 Å². The van der Waals surface area contributed by atoms with Crippen LogP contribution < -0.4 is 10.1 Å². The van der Waals surface area contributed by atoms with Crippen LogP contribution in [0.2, 0.25) is 0 Å². The summed E-state index contributed by atoms with van der Waals surface area (Å²) in [7, 11) is 1.65. The van der Waals surface area contributed by atoms with E-state index in [2.05, 4.69) is 5.32 Å². The van der Waals surface area contributed by atoms with Gasteiger partial charge in [-0.2, -0.15) is 0 Å². The molecule has 27 heavy (non-hydrogen) atoms. The lowest BCUT2D eigenvalue weighted by molar-refractivity contribution is -0.129. The summed E-state index contributed by atoms with van der Waals surface area (Å²) in [5, 5.41) is 2.96. The lowest BCUT2D eigenvalue weighted by Crippen LogP contribution is -2.34. The van der Waals surface area contributed by atoms with Gasteiger partial charge in [-0.3, -0.25) is 9.59 Å². The van der Waals surface area contributed by atoms with Gasteiger partial charge in [-0.05, 0) is 37.6 Å². The number of hydrogen-bond donors (Lipinski definition) is 1. The van der Waals surface area contributed by atoms with Gasteiger partial charge in [0, 0.05) is 42.6 Å². The predicted molar refractivity (Wildman–Crippen MR) is 106 cm³/mol. The molecule has 1 aliphatic heterocycles. The summed E-state index contributed by atoms with van der Waals surface area (Å²) in [5.41, 5.74) is 2.60. The molecule has 142 valence electrons. The number of nitrogens with one attached hydrogen (secondary N) is 1. The Morgan fingerprint density at radius 3 is 2.52 bits per heavy atom. The minimum absolute atomic E-state index is 0.114. The largest absolute Gasteiger partial charge is 0.496 e. The quantitative estimate of drug-likeness (QED) is 0.853. The molecule has 2 amide bonds. The van der Waals surface area contributed by atoms with E-state index in [1.165, 1.54) is 0 Å². The van der Waals surface area contributed by atoms with Crippen LogP contribution in [0.3, 0.4) is 0 Å². The van der Waals surface area contributed by atoms with E-state index < -0.39 is 0 Å². The third kappa shape index (κ3) is 4.30. The van der Waals surface area contributed by atoms with E-state index in [9.17, 15) is 9.59 Å². The number of hydrogen-bond acceptors (Lipinski definition) is 3. The molecule has 0 saturated carbocycles. The molecule has 0 aromatic heterocycles. The van der Waals surface area contributed by atoms with Gasteiger partial charge in [-0.15, -0.1) is 0 Å². The topological polar surface area (TPSA) is 58.6 Å². The fourth-order valence-electron chi connectivity index (χ4n) is 3.47. The van der Waals surface area contributed by atoms with Crippen LogP contribution in [0, 0.1) is 5.92 Å². The lowest BCUT2D eigenvalue weighted by atomic mass is 10.0. The summed E-state index contributed by atoms with van der Waals surface area (Å²) in [6.07, 6.45) is 0.505. The zero-order chi connectivity index (χ0) is 19.4. The minimum Gasteiger partial charge on any atom is -0.496 e. The van der Waals surface area contributed by atoms with E-state index in [4.69, 9.17) is 4.74 Å². The summed E-state index contributed by atoms with van der Waals surface area (Å²) in [6, 6.07) is 15.5. The number of para-hydroxylation sites is 1. The van der Waals surface area contributed by atoms with Crippen molar-refractivity contribution in [3.8, 4) is 16.9 Å². The average molecular weight is 366 g/mol. The number of amides is 2. The first kappa shape index (κ1) is 19.0. The standard InChI is InChI=1S/C22H26N2O3/c1-15(2)24-14-16(12-21(24)25)13-23-22(26)18-10-8-17(9-11-18)19-6-4-5-7-20(19)27-3/h4-11,15-16H,12-14H2,1-3H3,(H,23,26)/t16-/m1/s1. The Bertz CT molecular complexity index is 815. The summed E-state index contributed by atoms with van der Waals surface area (Å²) in [6.45, 7) is 5.26. The van der Waals surface area contributed by atoms with Gasteiger partial charge in [0.15, 0.2) is 0 Å². The van der Waals surface area contributed by atoms with Gasteiger partial charge in [0.1, 0.15) is 5.75 Å². The first-order valence-corrected chi connectivity index (χ1v) is 9.30. The van der Waals surface area contributed by atoms with Crippen LogP contribution in [0.15, 0.2) is 48.5 Å². The van der Waals surface area contributed by atoms with Gasteiger partial charge in [0.05, 0.1) is 7.11 Å². The highest BCUT2D eigenvalue weighted by Crippen LogP contribution is 2.29. The second-order valence-electron chi connectivity index (χ2n) is 7.20. The third-order valence-corrected chi connectivity index (χ3v) is 4.98. The molecule has 1 atom stereocenters. The molecule has 0 bridgehead atoms. The molecule has 3 rings (SSSR count). The average Bonchev–Trinajstić information content (AvgIpc) is 3.07. The monoisotopic (exact) mass is 366 g/mol. The molecule has 1 heterocycles. The molecular weight excluding hydrogens is 340 g/mol. The highest BCUT2D eigenvalue weighted by Gasteiger charge is 2.31. The summed E-state index contributed by atoms with van der Waals surface area (Å²) in [5.74, 6) is 1.04. The van der Waals surface area contributed by atoms with Crippen molar-refractivity contribution in [2.45, 2.75) is 26.3 Å². The fourth-order valence-corrected chi connectivity index (χ4v) is 3.47. The first-order chi connectivity index (χ1) is 13.0. The van der Waals surface area contributed by atoms with Crippen molar-refractivity contribution in [2.24, 2.45) is 5.92 Å². The minimum atomic E-state index is -0.114. The van der Waals surface area contributed by atoms with Crippen LogP contribution in [-0.4, -0.2) is 43.0 Å². The molecule has 2 aromatic rings. The van der Waals surface area contributed by atoms with Crippen LogP contribution >= 0.6 is 0 Å². The van der Waals surface area contributed by atoms with Crippen LogP contribution in [-0.2, 0) is 4.79 Å². The van der Waals surface area contributed by atoms with Crippen LogP contribution in [0.4, 0.5) is 0 Å². The molecule has 0 radical (unpaired) electrons. The van der Waals surface area contributed by atoms with E-state index in [1.807, 2.05) is 67.3 Å². The molecule has 1 aliphatic rings. The van der Waals surface area contributed by atoms with Crippen molar-refractivity contribution < 1.29 is 14.3 Å². The van der Waals surface area contributed by atoms with Gasteiger partial charge < -0.3 is 15.0 Å². The molecule has 1 N–H and O–H groups in total. The Kier molecular flexibility index (Phi) is 5.79. The predicted octanol–water partition coefficient (Wildman–Crippen LogP) is 3.35. The Hall–Kier alpha value is -2.82. The van der Waals surface area contributed by atoms with Crippen molar-refractivity contribution in [3.05, 3.63) is 54.1 Å². The van der Waals surface area contributed by atoms with Crippen molar-refractivity contribution >= 4 is 11.8 Å². The smallest absolute Gasteiger partial charge is 0.251 e. The van der Waals surface area contributed by atoms with E-state index in [0.717, 1.165) is 16.9 Å². The second kappa shape index (κ2) is 8.25. The third-order valence-electron chi connectivity index (χ3n) is 4.98. The molecular formula is C22H26N2O3. The van der Waals surface area contributed by atoms with Crippen LogP contribution in [0.25, 0.3) is 11.1 Å². The maximum absolute atomic E-state index is 12.4. The number of likely N-dealkylation sites (tertiary alicyclic amines) is 1. The summed E-state index contributed by atoms with van der Waals surface area (Å²) in [4.78, 5) is 26.3. The van der Waals surface area contributed by atoms with E-state index in [-0.39, 0.29) is 23.8 Å². The normalized spacial score (nSPS) is 16.7. The Balaban J connectivity index is 1.61. The second-order valence-corrected chi connectivity index (χ2v) is 7.20. The molecule has 0 aliphatic carbocycles. The Morgan fingerprint density at radius 2 is 1.89 bits per heavy atom. The zero-order valence-corrected chi connectivity index (χ0v) is 16.1. The van der Waals surface area contributed by atoms with Gasteiger partial charge in [-0.1, -0.05) is 30.3 Å². The van der Waals surface area contributed by atoms with E-state index in [0.29, 0.717) is 25.1 Å². The number of nitrogens with zero attached hydrogens (tertiary/aromatic N) is 1. The first-order valence-electron chi connectivity index (χ1n) is 9.30. The molecule has 0 spiro atoms. The van der Waals surface area contributed by atoms with Crippen LogP contribution in [0.5, 0.6) is 5.75 Å². The number of methoxy groups -OCH3 is 1. The van der Waals surface area contributed by atoms with Gasteiger partial charge in [0.25, 0.3) is 5.91 Å². The van der Waals surface area contributed by atoms with E-state index in [1.54, 1.807) is 7.11 Å². The van der Waals surface area contributed by atoms with Gasteiger partial charge >= 0.3 is 0 Å². The van der Waals surface area contributed by atoms with Crippen molar-refractivity contribution in [1.29, 1.82) is 0 Å². The Morgan fingerprint density at radius 1 is 1.19 bits per heavy atom. The molecule has 5 heteroatoms. The van der Waals surface area contributed by atoms with Crippen molar-refractivity contribution in [2.75, 3.05) is 20.2 Å². The number of ether oxygens (including phenoxy) is 1. The summed E-state index contributed by atoms with van der Waals surface area (Å²) >= 11 is 0. The van der Waals surface area contributed by atoms with Crippen molar-refractivity contribution in [1.82, 2.24) is 10.2 Å².